The Morgan fingerprint density at radius 3 is 2.89 bits per heavy atom. The third-order valence-electron chi connectivity index (χ3n) is 2.64. The van der Waals surface area contributed by atoms with Crippen molar-refractivity contribution in [1.29, 1.82) is 0 Å². The predicted octanol–water partition coefficient (Wildman–Crippen LogP) is 0.794. The molecular formula is C13H20N2O3. The number of hydrogen-bond acceptors (Lipinski definition) is 4. The van der Waals surface area contributed by atoms with Crippen LogP contribution in [0.25, 0.3) is 0 Å². The summed E-state index contributed by atoms with van der Waals surface area (Å²) in [4.78, 5) is 11.8. The lowest BCUT2D eigenvalue weighted by atomic mass is 10.1. The number of ether oxygens (including phenoxy) is 1. The molecule has 1 unspecified atom stereocenters. The summed E-state index contributed by atoms with van der Waals surface area (Å²) in [7, 11) is 1.59. The SMILES string of the molecule is COCC(N)CCNC(=O)c1ccc(O)c(C)c1. The van der Waals surface area contributed by atoms with Gasteiger partial charge in [0.15, 0.2) is 0 Å². The van der Waals surface area contributed by atoms with Crippen LogP contribution in [0, 0.1) is 6.92 Å². The van der Waals surface area contributed by atoms with Crippen LogP contribution in [-0.2, 0) is 4.74 Å². The molecule has 0 aliphatic rings. The molecule has 5 heteroatoms. The van der Waals surface area contributed by atoms with E-state index in [-0.39, 0.29) is 17.7 Å². The largest absolute Gasteiger partial charge is 0.508 e. The number of phenols is 1. The normalized spacial score (nSPS) is 12.2. The maximum atomic E-state index is 11.8. The van der Waals surface area contributed by atoms with Crippen molar-refractivity contribution in [1.82, 2.24) is 5.32 Å². The number of benzene rings is 1. The zero-order valence-electron chi connectivity index (χ0n) is 10.8. The summed E-state index contributed by atoms with van der Waals surface area (Å²) in [6, 6.07) is 4.68. The summed E-state index contributed by atoms with van der Waals surface area (Å²) in [5, 5.41) is 12.2. The maximum absolute atomic E-state index is 11.8. The number of hydrogen-bond donors (Lipinski definition) is 3. The lowest BCUT2D eigenvalue weighted by Crippen LogP contribution is -2.32. The molecule has 1 rings (SSSR count). The highest BCUT2D eigenvalue weighted by Crippen LogP contribution is 2.16. The average Bonchev–Trinajstić information content (AvgIpc) is 2.33. The first kappa shape index (κ1) is 14.5. The summed E-state index contributed by atoms with van der Waals surface area (Å²) in [5.74, 6) is 0.0244. The minimum absolute atomic E-state index is 0.0724. The highest BCUT2D eigenvalue weighted by Gasteiger charge is 2.08. The highest BCUT2D eigenvalue weighted by atomic mass is 16.5. The van der Waals surface area contributed by atoms with Crippen LogP contribution < -0.4 is 11.1 Å². The first-order valence-electron chi connectivity index (χ1n) is 5.87. The lowest BCUT2D eigenvalue weighted by Gasteiger charge is -2.11. The van der Waals surface area contributed by atoms with Gasteiger partial charge in [0.25, 0.3) is 5.91 Å². The zero-order chi connectivity index (χ0) is 13.5. The molecule has 0 bridgehead atoms. The topological polar surface area (TPSA) is 84.6 Å². The van der Waals surface area contributed by atoms with Gasteiger partial charge in [0, 0.05) is 25.3 Å². The van der Waals surface area contributed by atoms with Crippen LogP contribution in [0.1, 0.15) is 22.3 Å². The third kappa shape index (κ3) is 4.35. The number of amides is 1. The second-order valence-corrected chi connectivity index (χ2v) is 4.26. The van der Waals surface area contributed by atoms with E-state index in [1.165, 1.54) is 6.07 Å². The van der Waals surface area contributed by atoms with Crippen molar-refractivity contribution in [3.63, 3.8) is 0 Å². The summed E-state index contributed by atoms with van der Waals surface area (Å²) in [5.41, 5.74) is 6.96. The molecule has 1 aromatic rings. The van der Waals surface area contributed by atoms with Gasteiger partial charge in [0.2, 0.25) is 0 Å². The second-order valence-electron chi connectivity index (χ2n) is 4.26. The van der Waals surface area contributed by atoms with Gasteiger partial charge in [0.05, 0.1) is 6.61 Å². The van der Waals surface area contributed by atoms with Gasteiger partial charge in [-0.3, -0.25) is 4.79 Å². The Hall–Kier alpha value is -1.59. The number of aryl methyl sites for hydroxylation is 1. The Morgan fingerprint density at radius 1 is 1.56 bits per heavy atom. The third-order valence-corrected chi connectivity index (χ3v) is 2.64. The average molecular weight is 252 g/mol. The van der Waals surface area contributed by atoms with Gasteiger partial charge in [0.1, 0.15) is 5.75 Å². The second kappa shape index (κ2) is 6.98. The molecule has 100 valence electrons. The molecular weight excluding hydrogens is 232 g/mol. The quantitative estimate of drug-likeness (QED) is 0.699. The molecule has 5 nitrogen and oxygen atoms in total. The van der Waals surface area contributed by atoms with Crippen LogP contribution in [0.15, 0.2) is 18.2 Å². The van der Waals surface area contributed by atoms with Crippen molar-refractivity contribution in [2.75, 3.05) is 20.3 Å². The standard InChI is InChI=1S/C13H20N2O3/c1-9-7-10(3-4-12(9)16)13(17)15-6-5-11(14)8-18-2/h3-4,7,11,16H,5-6,8,14H2,1-2H3,(H,15,17). The molecule has 0 radical (unpaired) electrons. The molecule has 0 fully saturated rings. The fraction of sp³-hybridized carbons (Fsp3) is 0.462. The Kier molecular flexibility index (Phi) is 5.61. The van der Waals surface area contributed by atoms with Crippen LogP contribution in [0.5, 0.6) is 5.75 Å². The summed E-state index contributed by atoms with van der Waals surface area (Å²) < 4.78 is 4.91. The number of carbonyl (C=O) groups is 1. The molecule has 0 saturated carbocycles. The molecule has 1 atom stereocenters. The van der Waals surface area contributed by atoms with E-state index in [0.29, 0.717) is 30.7 Å². The Balaban J connectivity index is 2.43. The van der Waals surface area contributed by atoms with E-state index in [0.717, 1.165) is 0 Å². The molecule has 0 spiro atoms. The van der Waals surface area contributed by atoms with Gasteiger partial charge in [-0.05, 0) is 37.1 Å². The van der Waals surface area contributed by atoms with Crippen molar-refractivity contribution < 1.29 is 14.6 Å². The van der Waals surface area contributed by atoms with Crippen LogP contribution in [0.2, 0.25) is 0 Å². The molecule has 4 N–H and O–H groups in total. The highest BCUT2D eigenvalue weighted by molar-refractivity contribution is 5.94. The molecule has 1 amide bonds. The van der Waals surface area contributed by atoms with Crippen molar-refractivity contribution in [3.05, 3.63) is 29.3 Å². The van der Waals surface area contributed by atoms with Crippen molar-refractivity contribution >= 4 is 5.91 Å². The number of carbonyl (C=O) groups excluding carboxylic acids is 1. The van der Waals surface area contributed by atoms with E-state index in [2.05, 4.69) is 5.32 Å². The summed E-state index contributed by atoms with van der Waals surface area (Å²) >= 11 is 0. The Morgan fingerprint density at radius 2 is 2.28 bits per heavy atom. The van der Waals surface area contributed by atoms with Gasteiger partial charge in [-0.15, -0.1) is 0 Å². The smallest absolute Gasteiger partial charge is 0.251 e. The number of aromatic hydroxyl groups is 1. The molecule has 18 heavy (non-hydrogen) atoms. The molecule has 0 aliphatic carbocycles. The van der Waals surface area contributed by atoms with Crippen molar-refractivity contribution in [2.45, 2.75) is 19.4 Å². The van der Waals surface area contributed by atoms with Crippen LogP contribution >= 0.6 is 0 Å². The van der Waals surface area contributed by atoms with Crippen LogP contribution in [0.4, 0.5) is 0 Å². The number of methoxy groups -OCH3 is 1. The first-order valence-corrected chi connectivity index (χ1v) is 5.87. The number of phenolic OH excluding ortho intramolecular Hbond substituents is 1. The van der Waals surface area contributed by atoms with E-state index in [4.69, 9.17) is 10.5 Å². The number of nitrogens with two attached hydrogens (primary N) is 1. The van der Waals surface area contributed by atoms with Gasteiger partial charge in [-0.1, -0.05) is 0 Å². The summed E-state index contributed by atoms with van der Waals surface area (Å²) in [6.07, 6.45) is 0.663. The van der Waals surface area contributed by atoms with Crippen LogP contribution in [0.3, 0.4) is 0 Å². The van der Waals surface area contributed by atoms with Gasteiger partial charge >= 0.3 is 0 Å². The molecule has 0 aromatic heterocycles. The van der Waals surface area contributed by atoms with Crippen molar-refractivity contribution in [3.8, 4) is 5.75 Å². The molecule has 1 aromatic carbocycles. The molecule has 0 heterocycles. The van der Waals surface area contributed by atoms with Gasteiger partial charge in [-0.2, -0.15) is 0 Å². The van der Waals surface area contributed by atoms with E-state index in [1.54, 1.807) is 26.2 Å². The molecule has 0 aliphatic heterocycles. The van der Waals surface area contributed by atoms with E-state index >= 15 is 0 Å². The van der Waals surface area contributed by atoms with Crippen LogP contribution in [-0.4, -0.2) is 37.3 Å². The van der Waals surface area contributed by atoms with Gasteiger partial charge < -0.3 is 20.9 Å². The monoisotopic (exact) mass is 252 g/mol. The first-order chi connectivity index (χ1) is 8.54. The number of nitrogens with one attached hydrogen (secondary N) is 1. The van der Waals surface area contributed by atoms with E-state index in [1.807, 2.05) is 0 Å². The predicted molar refractivity (Wildman–Crippen MR) is 69.6 cm³/mol. The van der Waals surface area contributed by atoms with Crippen molar-refractivity contribution in [2.24, 2.45) is 5.73 Å². The summed E-state index contributed by atoms with van der Waals surface area (Å²) in [6.45, 7) is 2.73. The fourth-order valence-corrected chi connectivity index (χ4v) is 1.57. The Bertz CT molecular complexity index is 407. The minimum atomic E-state index is -0.164. The fourth-order valence-electron chi connectivity index (χ4n) is 1.57. The molecule has 0 saturated heterocycles. The lowest BCUT2D eigenvalue weighted by molar-refractivity contribution is 0.0950. The number of rotatable bonds is 6. The maximum Gasteiger partial charge on any atom is 0.251 e. The van der Waals surface area contributed by atoms with E-state index < -0.39 is 0 Å². The minimum Gasteiger partial charge on any atom is -0.508 e. The zero-order valence-corrected chi connectivity index (χ0v) is 10.8. The van der Waals surface area contributed by atoms with E-state index in [9.17, 15) is 9.90 Å². The Labute approximate surface area is 107 Å². The van der Waals surface area contributed by atoms with Gasteiger partial charge in [-0.25, -0.2) is 0 Å².